The van der Waals surface area contributed by atoms with Crippen molar-refractivity contribution in [2.24, 2.45) is 0 Å². The van der Waals surface area contributed by atoms with Gasteiger partial charge in [0, 0.05) is 5.39 Å². The molecule has 0 amide bonds. The second-order valence-corrected chi connectivity index (χ2v) is 4.22. The predicted octanol–water partition coefficient (Wildman–Crippen LogP) is 1.73. The van der Waals surface area contributed by atoms with Gasteiger partial charge in [0.2, 0.25) is 0 Å². The highest BCUT2D eigenvalue weighted by Gasteiger charge is 2.15. The number of benzene rings is 1. The minimum atomic E-state index is -0.516. The molecule has 0 atom stereocenters. The van der Waals surface area contributed by atoms with Crippen molar-refractivity contribution in [1.82, 2.24) is 4.98 Å². The molecular weight excluding hydrogens is 246 g/mol. The molecule has 0 radical (unpaired) electrons. The van der Waals surface area contributed by atoms with Crippen LogP contribution in [0.25, 0.3) is 10.9 Å². The molecule has 0 aliphatic rings. The SMILES string of the molecule is CCCOC(=O)Cc1c(O)c2ccccc2[nH]c1=O. The molecule has 2 rings (SSSR count). The summed E-state index contributed by atoms with van der Waals surface area (Å²) in [5, 5.41) is 10.6. The maximum absolute atomic E-state index is 11.8. The van der Waals surface area contributed by atoms with E-state index in [9.17, 15) is 14.7 Å². The molecule has 100 valence electrons. The van der Waals surface area contributed by atoms with Crippen molar-refractivity contribution in [2.45, 2.75) is 19.8 Å². The summed E-state index contributed by atoms with van der Waals surface area (Å²) < 4.78 is 4.91. The minimum absolute atomic E-state index is 0.0415. The lowest BCUT2D eigenvalue weighted by Crippen LogP contribution is -2.18. The van der Waals surface area contributed by atoms with Gasteiger partial charge in [-0.3, -0.25) is 9.59 Å². The molecule has 2 aromatic rings. The van der Waals surface area contributed by atoms with Crippen LogP contribution in [-0.4, -0.2) is 22.7 Å². The lowest BCUT2D eigenvalue weighted by Gasteiger charge is -2.07. The summed E-state index contributed by atoms with van der Waals surface area (Å²) >= 11 is 0. The molecule has 0 aliphatic carbocycles. The molecule has 5 heteroatoms. The topological polar surface area (TPSA) is 79.4 Å². The van der Waals surface area contributed by atoms with Crippen LogP contribution in [0.1, 0.15) is 18.9 Å². The Bertz CT molecular complexity index is 660. The van der Waals surface area contributed by atoms with Crippen molar-refractivity contribution >= 4 is 16.9 Å². The first-order chi connectivity index (χ1) is 9.13. The molecule has 0 aliphatic heterocycles. The first-order valence-electron chi connectivity index (χ1n) is 6.12. The molecule has 0 saturated heterocycles. The Kier molecular flexibility index (Phi) is 3.85. The van der Waals surface area contributed by atoms with Gasteiger partial charge in [0.15, 0.2) is 0 Å². The number of carbonyl (C=O) groups excluding carboxylic acids is 1. The number of aromatic nitrogens is 1. The normalized spacial score (nSPS) is 10.6. The molecule has 0 saturated carbocycles. The zero-order valence-electron chi connectivity index (χ0n) is 10.6. The van der Waals surface area contributed by atoms with Gasteiger partial charge >= 0.3 is 5.97 Å². The highest BCUT2D eigenvalue weighted by molar-refractivity contribution is 5.87. The summed E-state index contributed by atoms with van der Waals surface area (Å²) in [6.07, 6.45) is 0.484. The van der Waals surface area contributed by atoms with E-state index in [0.29, 0.717) is 23.9 Å². The molecule has 5 nitrogen and oxygen atoms in total. The Morgan fingerprint density at radius 1 is 1.37 bits per heavy atom. The molecule has 19 heavy (non-hydrogen) atoms. The third-order valence-electron chi connectivity index (χ3n) is 2.78. The van der Waals surface area contributed by atoms with E-state index >= 15 is 0 Å². The number of pyridine rings is 1. The van der Waals surface area contributed by atoms with Crippen LogP contribution < -0.4 is 5.56 Å². The molecule has 1 aromatic carbocycles. The monoisotopic (exact) mass is 261 g/mol. The van der Waals surface area contributed by atoms with E-state index in [1.807, 2.05) is 6.92 Å². The summed E-state index contributed by atoms with van der Waals surface area (Å²) in [5.74, 6) is -0.675. The third kappa shape index (κ3) is 2.76. The largest absolute Gasteiger partial charge is 0.507 e. The maximum Gasteiger partial charge on any atom is 0.310 e. The van der Waals surface area contributed by atoms with Crippen LogP contribution in [0.4, 0.5) is 0 Å². The highest BCUT2D eigenvalue weighted by Crippen LogP contribution is 2.24. The van der Waals surface area contributed by atoms with Crippen molar-refractivity contribution in [3.8, 4) is 5.75 Å². The molecule has 0 bridgehead atoms. The van der Waals surface area contributed by atoms with E-state index in [4.69, 9.17) is 4.74 Å². The average Bonchev–Trinajstić information content (AvgIpc) is 2.41. The minimum Gasteiger partial charge on any atom is -0.507 e. The maximum atomic E-state index is 11.8. The molecule has 1 aromatic heterocycles. The molecule has 2 N–H and O–H groups in total. The van der Waals surface area contributed by atoms with Crippen LogP contribution in [0, 0.1) is 0 Å². The fourth-order valence-electron chi connectivity index (χ4n) is 1.84. The Morgan fingerprint density at radius 2 is 2.11 bits per heavy atom. The van der Waals surface area contributed by atoms with Crippen LogP contribution >= 0.6 is 0 Å². The van der Waals surface area contributed by atoms with Crippen LogP contribution in [0.2, 0.25) is 0 Å². The van der Waals surface area contributed by atoms with Gasteiger partial charge in [-0.15, -0.1) is 0 Å². The molecule has 0 fully saturated rings. The quantitative estimate of drug-likeness (QED) is 0.821. The molecular formula is C14H15NO4. The van der Waals surface area contributed by atoms with Gasteiger partial charge in [0.05, 0.1) is 24.1 Å². The fourth-order valence-corrected chi connectivity index (χ4v) is 1.84. The van der Waals surface area contributed by atoms with E-state index < -0.39 is 11.5 Å². The van der Waals surface area contributed by atoms with Crippen molar-refractivity contribution in [2.75, 3.05) is 6.61 Å². The number of ether oxygens (including phenoxy) is 1. The Labute approximate surface area is 109 Å². The fraction of sp³-hybridized carbons (Fsp3) is 0.286. The van der Waals surface area contributed by atoms with Crippen LogP contribution in [0.3, 0.4) is 0 Å². The van der Waals surface area contributed by atoms with Crippen molar-refractivity contribution in [1.29, 1.82) is 0 Å². The summed E-state index contributed by atoms with van der Waals surface area (Å²) in [5.41, 5.74) is 0.111. The smallest absolute Gasteiger partial charge is 0.310 e. The van der Waals surface area contributed by atoms with E-state index in [2.05, 4.69) is 4.98 Å². The number of hydrogen-bond donors (Lipinski definition) is 2. The van der Waals surface area contributed by atoms with Gasteiger partial charge in [-0.05, 0) is 18.6 Å². The zero-order chi connectivity index (χ0) is 13.8. The Hall–Kier alpha value is -2.30. The summed E-state index contributed by atoms with van der Waals surface area (Å²) in [6.45, 7) is 2.19. The summed E-state index contributed by atoms with van der Waals surface area (Å²) in [6, 6.07) is 6.88. The number of esters is 1. The van der Waals surface area contributed by atoms with Gasteiger partial charge in [-0.1, -0.05) is 19.1 Å². The van der Waals surface area contributed by atoms with Gasteiger partial charge < -0.3 is 14.8 Å². The number of aromatic amines is 1. The van der Waals surface area contributed by atoms with Crippen LogP contribution in [0.5, 0.6) is 5.75 Å². The van der Waals surface area contributed by atoms with Gasteiger partial charge in [0.25, 0.3) is 5.56 Å². The van der Waals surface area contributed by atoms with Crippen LogP contribution in [-0.2, 0) is 16.0 Å². The number of carbonyl (C=O) groups is 1. The van der Waals surface area contributed by atoms with Crippen molar-refractivity contribution in [3.05, 3.63) is 40.2 Å². The second-order valence-electron chi connectivity index (χ2n) is 4.22. The molecule has 0 spiro atoms. The molecule has 0 unspecified atom stereocenters. The number of fused-ring (bicyclic) bond motifs is 1. The summed E-state index contributed by atoms with van der Waals surface area (Å²) in [4.78, 5) is 26.0. The Morgan fingerprint density at radius 3 is 2.84 bits per heavy atom. The Balaban J connectivity index is 2.38. The number of nitrogens with one attached hydrogen (secondary N) is 1. The van der Waals surface area contributed by atoms with E-state index in [-0.39, 0.29) is 17.7 Å². The first-order valence-corrected chi connectivity index (χ1v) is 6.12. The zero-order valence-corrected chi connectivity index (χ0v) is 10.6. The van der Waals surface area contributed by atoms with Gasteiger partial charge in [0.1, 0.15) is 5.75 Å². The van der Waals surface area contributed by atoms with Crippen molar-refractivity contribution < 1.29 is 14.6 Å². The lowest BCUT2D eigenvalue weighted by molar-refractivity contribution is -0.142. The number of para-hydroxylation sites is 1. The molecule has 1 heterocycles. The number of H-pyrrole nitrogens is 1. The summed E-state index contributed by atoms with van der Waals surface area (Å²) in [7, 11) is 0. The second kappa shape index (κ2) is 5.56. The predicted molar refractivity (Wildman–Crippen MR) is 71.2 cm³/mol. The van der Waals surface area contributed by atoms with E-state index in [1.54, 1.807) is 24.3 Å². The van der Waals surface area contributed by atoms with Gasteiger partial charge in [-0.25, -0.2) is 0 Å². The number of hydrogen-bond acceptors (Lipinski definition) is 4. The standard InChI is InChI=1S/C14H15NO4/c1-2-7-19-12(16)8-10-13(17)9-5-3-4-6-11(9)15-14(10)18/h3-6H,2,7-8H2,1H3,(H2,15,17,18). The lowest BCUT2D eigenvalue weighted by atomic mass is 10.1. The van der Waals surface area contributed by atoms with E-state index in [0.717, 1.165) is 0 Å². The van der Waals surface area contributed by atoms with Gasteiger partial charge in [-0.2, -0.15) is 0 Å². The first kappa shape index (κ1) is 13.1. The third-order valence-corrected chi connectivity index (χ3v) is 2.78. The van der Waals surface area contributed by atoms with Crippen molar-refractivity contribution in [3.63, 3.8) is 0 Å². The highest BCUT2D eigenvalue weighted by atomic mass is 16.5. The number of aromatic hydroxyl groups is 1. The number of rotatable bonds is 4. The average molecular weight is 261 g/mol. The van der Waals surface area contributed by atoms with Crippen LogP contribution in [0.15, 0.2) is 29.1 Å². The van der Waals surface area contributed by atoms with E-state index in [1.165, 1.54) is 0 Å².